The SMILES string of the molecule is COc1cccc(CN(NS(=O)(=O)c2ccccc2)c2cccc(Cl)c2)c1O. The predicted molar refractivity (Wildman–Crippen MR) is 109 cm³/mol. The van der Waals surface area contributed by atoms with Crippen molar-refractivity contribution >= 4 is 27.3 Å². The lowest BCUT2D eigenvalue weighted by Gasteiger charge is -2.26. The van der Waals surface area contributed by atoms with Gasteiger partial charge >= 0.3 is 0 Å². The van der Waals surface area contributed by atoms with Crippen molar-refractivity contribution in [2.75, 3.05) is 12.1 Å². The Labute approximate surface area is 169 Å². The summed E-state index contributed by atoms with van der Waals surface area (Å²) in [6.45, 7) is 0.0510. The van der Waals surface area contributed by atoms with Gasteiger partial charge in [-0.05, 0) is 36.4 Å². The number of nitrogens with zero attached hydrogens (tertiary/aromatic N) is 1. The van der Waals surface area contributed by atoms with Crippen LogP contribution in [0.5, 0.6) is 11.5 Å². The van der Waals surface area contributed by atoms with E-state index in [9.17, 15) is 13.5 Å². The third kappa shape index (κ3) is 4.56. The molecule has 0 aromatic heterocycles. The number of hydrogen-bond donors (Lipinski definition) is 2. The van der Waals surface area contributed by atoms with Crippen molar-refractivity contribution in [1.29, 1.82) is 0 Å². The third-order valence-corrected chi connectivity index (χ3v) is 5.62. The molecule has 8 heteroatoms. The molecule has 28 heavy (non-hydrogen) atoms. The topological polar surface area (TPSA) is 78.9 Å². The molecule has 0 aliphatic carbocycles. The number of rotatable bonds is 7. The number of anilines is 1. The fourth-order valence-electron chi connectivity index (χ4n) is 2.65. The van der Waals surface area contributed by atoms with Crippen molar-refractivity contribution in [3.8, 4) is 11.5 Å². The number of phenols is 1. The van der Waals surface area contributed by atoms with Gasteiger partial charge in [-0.2, -0.15) is 0 Å². The van der Waals surface area contributed by atoms with Crippen molar-refractivity contribution in [3.63, 3.8) is 0 Å². The zero-order valence-electron chi connectivity index (χ0n) is 15.0. The van der Waals surface area contributed by atoms with Crippen molar-refractivity contribution in [2.45, 2.75) is 11.4 Å². The summed E-state index contributed by atoms with van der Waals surface area (Å²) in [5.74, 6) is 0.241. The largest absolute Gasteiger partial charge is 0.504 e. The summed E-state index contributed by atoms with van der Waals surface area (Å²) in [4.78, 5) is 2.68. The molecule has 6 nitrogen and oxygen atoms in total. The summed E-state index contributed by atoms with van der Waals surface area (Å²) >= 11 is 6.09. The van der Waals surface area contributed by atoms with Gasteiger partial charge < -0.3 is 9.84 Å². The summed E-state index contributed by atoms with van der Waals surface area (Å²) < 4.78 is 30.8. The number of phenolic OH excluding ortho intramolecular Hbond substituents is 1. The normalized spacial score (nSPS) is 11.2. The number of methoxy groups -OCH3 is 1. The highest BCUT2D eigenvalue weighted by atomic mass is 35.5. The maximum Gasteiger partial charge on any atom is 0.257 e. The number of hydrazine groups is 1. The highest BCUT2D eigenvalue weighted by Gasteiger charge is 2.21. The fraction of sp³-hybridized carbons (Fsp3) is 0.100. The summed E-state index contributed by atoms with van der Waals surface area (Å²) in [5, 5.41) is 12.3. The monoisotopic (exact) mass is 418 g/mol. The van der Waals surface area contributed by atoms with Crippen molar-refractivity contribution < 1.29 is 18.3 Å². The molecule has 0 unspecified atom stereocenters. The predicted octanol–water partition coefficient (Wildman–Crippen LogP) is 3.95. The molecular weight excluding hydrogens is 400 g/mol. The molecule has 0 heterocycles. The Balaban J connectivity index is 1.99. The Hall–Kier alpha value is -2.74. The van der Waals surface area contributed by atoms with E-state index in [0.717, 1.165) is 0 Å². The van der Waals surface area contributed by atoms with E-state index in [1.807, 2.05) is 0 Å². The Kier molecular flexibility index (Phi) is 6.08. The van der Waals surface area contributed by atoms with Crippen LogP contribution in [0, 0.1) is 0 Å². The molecule has 0 atom stereocenters. The smallest absolute Gasteiger partial charge is 0.257 e. The molecule has 2 N–H and O–H groups in total. The van der Waals surface area contributed by atoms with Crippen LogP contribution in [0.1, 0.15) is 5.56 Å². The highest BCUT2D eigenvalue weighted by molar-refractivity contribution is 7.89. The number of benzene rings is 3. The first-order valence-electron chi connectivity index (χ1n) is 8.36. The first-order chi connectivity index (χ1) is 13.4. The van der Waals surface area contributed by atoms with E-state index in [1.54, 1.807) is 60.7 Å². The van der Waals surface area contributed by atoms with E-state index in [-0.39, 0.29) is 17.2 Å². The van der Waals surface area contributed by atoms with Crippen LogP contribution in [-0.2, 0) is 16.6 Å². The molecule has 0 bridgehead atoms. The maximum absolute atomic E-state index is 12.8. The number of para-hydroxylation sites is 1. The van der Waals surface area contributed by atoms with Gasteiger partial charge in [-0.15, -0.1) is 4.83 Å². The van der Waals surface area contributed by atoms with E-state index >= 15 is 0 Å². The highest BCUT2D eigenvalue weighted by Crippen LogP contribution is 2.31. The molecule has 3 aromatic carbocycles. The average molecular weight is 419 g/mol. The minimum absolute atomic E-state index is 0.0510. The second kappa shape index (κ2) is 8.52. The Morgan fingerprint density at radius 2 is 1.75 bits per heavy atom. The lowest BCUT2D eigenvalue weighted by Crippen LogP contribution is -2.41. The molecule has 0 spiro atoms. The molecular formula is C20H19ClN2O4S. The number of hydrogen-bond acceptors (Lipinski definition) is 5. The van der Waals surface area contributed by atoms with Crippen LogP contribution in [-0.4, -0.2) is 20.6 Å². The number of ether oxygens (including phenoxy) is 1. The summed E-state index contributed by atoms with van der Waals surface area (Å²) in [6.07, 6.45) is 0. The standard InChI is InChI=1S/C20H19ClN2O4S/c1-27-19-12-5-7-15(20(19)24)14-23(17-9-6-8-16(21)13-17)22-28(25,26)18-10-3-2-4-11-18/h2-13,22,24H,14H2,1H3. The Morgan fingerprint density at radius 3 is 2.43 bits per heavy atom. The molecule has 0 saturated heterocycles. The molecule has 0 radical (unpaired) electrons. The quantitative estimate of drug-likeness (QED) is 0.568. The second-order valence-corrected chi connectivity index (χ2v) is 8.04. The molecule has 0 saturated carbocycles. The van der Waals surface area contributed by atoms with Crippen molar-refractivity contribution in [1.82, 2.24) is 4.83 Å². The van der Waals surface area contributed by atoms with Crippen LogP contribution in [0.4, 0.5) is 5.69 Å². The van der Waals surface area contributed by atoms with Gasteiger partial charge in [0.05, 0.1) is 24.2 Å². The molecule has 146 valence electrons. The Morgan fingerprint density at radius 1 is 1.04 bits per heavy atom. The van der Waals surface area contributed by atoms with Gasteiger partial charge in [0, 0.05) is 10.6 Å². The van der Waals surface area contributed by atoms with Crippen LogP contribution in [0.2, 0.25) is 5.02 Å². The van der Waals surface area contributed by atoms with Crippen LogP contribution in [0.3, 0.4) is 0 Å². The summed E-state index contributed by atoms with van der Waals surface area (Å²) in [6, 6.07) is 19.8. The molecule has 3 aromatic rings. The second-order valence-electron chi connectivity index (χ2n) is 5.94. The number of sulfonamides is 1. The van der Waals surface area contributed by atoms with Gasteiger partial charge in [0.2, 0.25) is 0 Å². The lowest BCUT2D eigenvalue weighted by molar-refractivity contribution is 0.370. The average Bonchev–Trinajstić information content (AvgIpc) is 2.69. The molecule has 0 amide bonds. The molecule has 0 aliphatic heterocycles. The number of aromatic hydroxyl groups is 1. The van der Waals surface area contributed by atoms with Crippen LogP contribution >= 0.6 is 11.6 Å². The number of nitrogens with one attached hydrogen (secondary N) is 1. The molecule has 0 fully saturated rings. The fourth-order valence-corrected chi connectivity index (χ4v) is 3.91. The molecule has 0 aliphatic rings. The van der Waals surface area contributed by atoms with Crippen LogP contribution in [0.25, 0.3) is 0 Å². The lowest BCUT2D eigenvalue weighted by atomic mass is 10.1. The third-order valence-electron chi connectivity index (χ3n) is 4.03. The summed E-state index contributed by atoms with van der Waals surface area (Å²) in [5.41, 5.74) is 1.00. The zero-order valence-corrected chi connectivity index (χ0v) is 16.6. The van der Waals surface area contributed by atoms with Crippen LogP contribution in [0.15, 0.2) is 77.7 Å². The van der Waals surface area contributed by atoms with Gasteiger partial charge in [0.1, 0.15) is 0 Å². The van der Waals surface area contributed by atoms with E-state index in [0.29, 0.717) is 22.0 Å². The van der Waals surface area contributed by atoms with E-state index in [2.05, 4.69) is 4.83 Å². The minimum atomic E-state index is -3.85. The maximum atomic E-state index is 12.8. The van der Waals surface area contributed by atoms with Crippen molar-refractivity contribution in [3.05, 3.63) is 83.4 Å². The van der Waals surface area contributed by atoms with Gasteiger partial charge in [-0.3, -0.25) is 5.01 Å². The molecule has 3 rings (SSSR count). The van der Waals surface area contributed by atoms with Crippen LogP contribution < -0.4 is 14.6 Å². The van der Waals surface area contributed by atoms with E-state index in [4.69, 9.17) is 16.3 Å². The first kappa shape index (κ1) is 20.0. The van der Waals surface area contributed by atoms with Crippen molar-refractivity contribution in [2.24, 2.45) is 0 Å². The zero-order chi connectivity index (χ0) is 20.1. The number of halogens is 1. The van der Waals surface area contributed by atoms with Gasteiger partial charge in [-0.1, -0.05) is 48.0 Å². The minimum Gasteiger partial charge on any atom is -0.504 e. The summed E-state index contributed by atoms with van der Waals surface area (Å²) in [7, 11) is -2.40. The Bertz CT molecular complexity index is 1060. The van der Waals surface area contributed by atoms with Gasteiger partial charge in [-0.25, -0.2) is 8.42 Å². The first-order valence-corrected chi connectivity index (χ1v) is 10.2. The van der Waals surface area contributed by atoms with Gasteiger partial charge in [0.15, 0.2) is 11.5 Å². The van der Waals surface area contributed by atoms with Gasteiger partial charge in [0.25, 0.3) is 10.0 Å². The van der Waals surface area contributed by atoms with E-state index < -0.39 is 10.0 Å². The van der Waals surface area contributed by atoms with E-state index in [1.165, 1.54) is 24.3 Å².